The summed E-state index contributed by atoms with van der Waals surface area (Å²) in [5.41, 5.74) is 7.19. The minimum Gasteiger partial charge on any atom is -0.490 e. The van der Waals surface area contributed by atoms with Crippen LogP contribution in [0, 0.1) is 0 Å². The SMILES string of the molecule is CCOc1ccccc1OCc1ccc(N)cc1Cl. The van der Waals surface area contributed by atoms with Gasteiger partial charge in [0, 0.05) is 16.3 Å². The summed E-state index contributed by atoms with van der Waals surface area (Å²) in [4.78, 5) is 0. The number of anilines is 1. The molecule has 3 nitrogen and oxygen atoms in total. The van der Waals surface area contributed by atoms with Gasteiger partial charge in [-0.25, -0.2) is 0 Å². The number of ether oxygens (including phenoxy) is 2. The highest BCUT2D eigenvalue weighted by atomic mass is 35.5. The first kappa shape index (κ1) is 13.6. The highest BCUT2D eigenvalue weighted by Gasteiger charge is 2.06. The molecule has 2 aromatic rings. The molecule has 0 bridgehead atoms. The number of hydrogen-bond donors (Lipinski definition) is 1. The Hall–Kier alpha value is -1.87. The van der Waals surface area contributed by atoms with Crippen molar-refractivity contribution in [3.05, 3.63) is 53.1 Å². The molecule has 0 atom stereocenters. The van der Waals surface area contributed by atoms with Crippen LogP contribution in [-0.2, 0) is 6.61 Å². The molecule has 0 heterocycles. The molecule has 0 saturated heterocycles. The lowest BCUT2D eigenvalue weighted by atomic mass is 10.2. The second-order valence-corrected chi connectivity index (χ2v) is 4.43. The van der Waals surface area contributed by atoms with E-state index in [1.165, 1.54) is 0 Å². The molecule has 0 spiro atoms. The van der Waals surface area contributed by atoms with Crippen LogP contribution in [0.3, 0.4) is 0 Å². The third kappa shape index (κ3) is 3.55. The number of halogens is 1. The molecule has 0 aliphatic rings. The first-order valence-corrected chi connectivity index (χ1v) is 6.47. The molecule has 0 saturated carbocycles. The van der Waals surface area contributed by atoms with E-state index >= 15 is 0 Å². The molecule has 0 aliphatic heterocycles. The first-order chi connectivity index (χ1) is 9.20. The molecule has 2 rings (SSSR count). The van der Waals surface area contributed by atoms with Crippen LogP contribution in [-0.4, -0.2) is 6.61 Å². The standard InChI is InChI=1S/C15H16ClNO2/c1-2-18-14-5-3-4-6-15(14)19-10-11-7-8-12(17)9-13(11)16/h3-9H,2,10,17H2,1H3. The van der Waals surface area contributed by atoms with Crippen molar-refractivity contribution in [3.8, 4) is 11.5 Å². The van der Waals surface area contributed by atoms with Crippen LogP contribution in [0.4, 0.5) is 5.69 Å². The topological polar surface area (TPSA) is 44.5 Å². The summed E-state index contributed by atoms with van der Waals surface area (Å²) in [5, 5.41) is 0.605. The van der Waals surface area contributed by atoms with Crippen LogP contribution in [0.25, 0.3) is 0 Å². The molecular formula is C15H16ClNO2. The zero-order valence-corrected chi connectivity index (χ0v) is 11.5. The number of nitrogens with two attached hydrogens (primary N) is 1. The molecule has 4 heteroatoms. The van der Waals surface area contributed by atoms with E-state index in [2.05, 4.69) is 0 Å². The molecule has 2 aromatic carbocycles. The molecular weight excluding hydrogens is 262 g/mol. The third-order valence-electron chi connectivity index (χ3n) is 2.61. The molecule has 0 aliphatic carbocycles. The van der Waals surface area contributed by atoms with Gasteiger partial charge in [-0.3, -0.25) is 0 Å². The van der Waals surface area contributed by atoms with E-state index in [0.717, 1.165) is 11.3 Å². The van der Waals surface area contributed by atoms with Crippen LogP contribution in [0.15, 0.2) is 42.5 Å². The second-order valence-electron chi connectivity index (χ2n) is 4.02. The summed E-state index contributed by atoms with van der Waals surface area (Å²) in [5.74, 6) is 1.44. The maximum Gasteiger partial charge on any atom is 0.161 e. The number of para-hydroxylation sites is 2. The van der Waals surface area contributed by atoms with E-state index in [0.29, 0.717) is 29.7 Å². The van der Waals surface area contributed by atoms with Crippen LogP contribution in [0.2, 0.25) is 5.02 Å². The highest BCUT2D eigenvalue weighted by molar-refractivity contribution is 6.31. The fraction of sp³-hybridized carbons (Fsp3) is 0.200. The van der Waals surface area contributed by atoms with Gasteiger partial charge in [0.2, 0.25) is 0 Å². The predicted molar refractivity (Wildman–Crippen MR) is 77.8 cm³/mol. The molecule has 0 fully saturated rings. The molecule has 0 aromatic heterocycles. The second kappa shape index (κ2) is 6.34. The van der Waals surface area contributed by atoms with E-state index < -0.39 is 0 Å². The molecule has 0 amide bonds. The average Bonchev–Trinajstić information content (AvgIpc) is 2.40. The van der Waals surface area contributed by atoms with Gasteiger partial charge in [0.05, 0.1) is 6.61 Å². The molecule has 0 unspecified atom stereocenters. The number of nitrogen functional groups attached to an aromatic ring is 1. The Morgan fingerprint density at radius 2 is 1.74 bits per heavy atom. The minimum atomic E-state index is 0.378. The van der Waals surface area contributed by atoms with Crippen molar-refractivity contribution in [1.29, 1.82) is 0 Å². The minimum absolute atomic E-state index is 0.378. The highest BCUT2D eigenvalue weighted by Crippen LogP contribution is 2.28. The zero-order chi connectivity index (χ0) is 13.7. The van der Waals surface area contributed by atoms with Gasteiger partial charge in [-0.15, -0.1) is 0 Å². The largest absolute Gasteiger partial charge is 0.490 e. The fourth-order valence-electron chi connectivity index (χ4n) is 1.68. The Labute approximate surface area is 117 Å². The smallest absolute Gasteiger partial charge is 0.161 e. The van der Waals surface area contributed by atoms with Gasteiger partial charge in [-0.2, -0.15) is 0 Å². The average molecular weight is 278 g/mol. The Morgan fingerprint density at radius 1 is 1.05 bits per heavy atom. The van der Waals surface area contributed by atoms with Crippen LogP contribution in [0.1, 0.15) is 12.5 Å². The van der Waals surface area contributed by atoms with E-state index in [1.54, 1.807) is 12.1 Å². The van der Waals surface area contributed by atoms with E-state index in [4.69, 9.17) is 26.8 Å². The monoisotopic (exact) mass is 277 g/mol. The summed E-state index contributed by atoms with van der Waals surface area (Å²) in [7, 11) is 0. The van der Waals surface area contributed by atoms with Crippen molar-refractivity contribution >= 4 is 17.3 Å². The lowest BCUT2D eigenvalue weighted by Gasteiger charge is -2.12. The Balaban J connectivity index is 2.10. The maximum atomic E-state index is 6.11. The van der Waals surface area contributed by atoms with E-state index in [1.807, 2.05) is 37.3 Å². The maximum absolute atomic E-state index is 6.11. The lowest BCUT2D eigenvalue weighted by molar-refractivity contribution is 0.269. The Bertz CT molecular complexity index is 558. The normalized spacial score (nSPS) is 10.2. The van der Waals surface area contributed by atoms with Gasteiger partial charge in [0.25, 0.3) is 0 Å². The summed E-state index contributed by atoms with van der Waals surface area (Å²) in [6.45, 7) is 2.92. The number of hydrogen-bond acceptors (Lipinski definition) is 3. The van der Waals surface area contributed by atoms with E-state index in [9.17, 15) is 0 Å². The van der Waals surface area contributed by atoms with Crippen molar-refractivity contribution in [3.63, 3.8) is 0 Å². The van der Waals surface area contributed by atoms with Crippen molar-refractivity contribution in [2.75, 3.05) is 12.3 Å². The summed E-state index contributed by atoms with van der Waals surface area (Å²) in [6, 6.07) is 12.9. The molecule has 2 N–H and O–H groups in total. The van der Waals surface area contributed by atoms with Crippen molar-refractivity contribution in [1.82, 2.24) is 0 Å². The quantitative estimate of drug-likeness (QED) is 0.843. The summed E-state index contributed by atoms with van der Waals surface area (Å²) < 4.78 is 11.2. The molecule has 19 heavy (non-hydrogen) atoms. The predicted octanol–water partition coefficient (Wildman–Crippen LogP) is 3.90. The number of rotatable bonds is 5. The third-order valence-corrected chi connectivity index (χ3v) is 2.96. The Morgan fingerprint density at radius 3 is 2.37 bits per heavy atom. The van der Waals surface area contributed by atoms with Gasteiger partial charge < -0.3 is 15.2 Å². The van der Waals surface area contributed by atoms with Gasteiger partial charge in [0.15, 0.2) is 11.5 Å². The van der Waals surface area contributed by atoms with E-state index in [-0.39, 0.29) is 0 Å². The van der Waals surface area contributed by atoms with Crippen molar-refractivity contribution in [2.45, 2.75) is 13.5 Å². The zero-order valence-electron chi connectivity index (χ0n) is 10.7. The lowest BCUT2D eigenvalue weighted by Crippen LogP contribution is -2.00. The first-order valence-electron chi connectivity index (χ1n) is 6.09. The van der Waals surface area contributed by atoms with Crippen molar-refractivity contribution < 1.29 is 9.47 Å². The molecule has 100 valence electrons. The van der Waals surface area contributed by atoms with Crippen LogP contribution in [0.5, 0.6) is 11.5 Å². The van der Waals surface area contributed by atoms with Gasteiger partial charge in [-0.05, 0) is 31.2 Å². The van der Waals surface area contributed by atoms with Gasteiger partial charge in [0.1, 0.15) is 6.61 Å². The number of benzene rings is 2. The van der Waals surface area contributed by atoms with Gasteiger partial charge >= 0.3 is 0 Å². The van der Waals surface area contributed by atoms with Gasteiger partial charge in [-0.1, -0.05) is 29.8 Å². The summed E-state index contributed by atoms with van der Waals surface area (Å²) >= 11 is 6.11. The van der Waals surface area contributed by atoms with Crippen LogP contribution >= 0.6 is 11.6 Å². The summed E-state index contributed by atoms with van der Waals surface area (Å²) in [6.07, 6.45) is 0. The molecule has 0 radical (unpaired) electrons. The Kier molecular flexibility index (Phi) is 4.53. The fourth-order valence-corrected chi connectivity index (χ4v) is 1.92. The van der Waals surface area contributed by atoms with Crippen molar-refractivity contribution in [2.24, 2.45) is 0 Å². The van der Waals surface area contributed by atoms with Crippen LogP contribution < -0.4 is 15.2 Å².